The van der Waals surface area contributed by atoms with E-state index in [4.69, 9.17) is 5.11 Å². The number of hydrogen-bond donors (Lipinski definition) is 3. The van der Waals surface area contributed by atoms with E-state index in [1.54, 1.807) is 12.1 Å². The highest BCUT2D eigenvalue weighted by atomic mass is 16.5. The van der Waals surface area contributed by atoms with Gasteiger partial charge in [0.2, 0.25) is 0 Å². The summed E-state index contributed by atoms with van der Waals surface area (Å²) in [6.07, 6.45) is 0. The lowest BCUT2D eigenvalue weighted by Crippen LogP contribution is -2.38. The number of benzene rings is 1. The molecule has 0 radical (unpaired) electrons. The topological polar surface area (TPSA) is 105 Å². The van der Waals surface area contributed by atoms with Crippen LogP contribution in [-0.4, -0.2) is 36.7 Å². The Hall–Kier alpha value is -2.57. The highest BCUT2D eigenvalue weighted by Gasteiger charge is 2.06. The van der Waals surface area contributed by atoms with Crippen molar-refractivity contribution in [2.45, 2.75) is 6.54 Å². The van der Waals surface area contributed by atoms with Crippen molar-refractivity contribution in [3.05, 3.63) is 35.4 Å². The molecule has 0 spiro atoms. The SMILES string of the molecule is COC(=O)CNC(=O)NCc1cccc(C(=O)O)c1. The van der Waals surface area contributed by atoms with Crippen LogP contribution in [0.2, 0.25) is 0 Å². The van der Waals surface area contributed by atoms with Gasteiger partial charge < -0.3 is 20.5 Å². The number of carboxylic acids is 1. The molecule has 0 saturated heterocycles. The first-order chi connectivity index (χ1) is 9.02. The van der Waals surface area contributed by atoms with E-state index >= 15 is 0 Å². The predicted molar refractivity (Wildman–Crippen MR) is 65.7 cm³/mol. The number of hydrogen-bond acceptors (Lipinski definition) is 4. The molecule has 0 aliphatic rings. The number of urea groups is 1. The summed E-state index contributed by atoms with van der Waals surface area (Å²) in [7, 11) is 1.22. The van der Waals surface area contributed by atoms with Gasteiger partial charge in [-0.2, -0.15) is 0 Å². The fourth-order valence-electron chi connectivity index (χ4n) is 1.28. The lowest BCUT2D eigenvalue weighted by Gasteiger charge is -2.07. The minimum absolute atomic E-state index is 0.147. The summed E-state index contributed by atoms with van der Waals surface area (Å²) in [6, 6.07) is 5.66. The van der Waals surface area contributed by atoms with Gasteiger partial charge in [0.25, 0.3) is 0 Å². The fourth-order valence-corrected chi connectivity index (χ4v) is 1.28. The van der Waals surface area contributed by atoms with Gasteiger partial charge in [0.1, 0.15) is 6.54 Å². The van der Waals surface area contributed by atoms with Crippen molar-refractivity contribution < 1.29 is 24.2 Å². The van der Waals surface area contributed by atoms with Crippen LogP contribution in [0.5, 0.6) is 0 Å². The molecule has 0 saturated carbocycles. The number of aromatic carboxylic acids is 1. The quantitative estimate of drug-likeness (QED) is 0.667. The van der Waals surface area contributed by atoms with Gasteiger partial charge in [-0.05, 0) is 17.7 Å². The van der Waals surface area contributed by atoms with Gasteiger partial charge in [-0.3, -0.25) is 4.79 Å². The Balaban J connectivity index is 2.44. The van der Waals surface area contributed by atoms with Crippen molar-refractivity contribution in [2.75, 3.05) is 13.7 Å². The summed E-state index contributed by atoms with van der Waals surface area (Å²) < 4.78 is 4.36. The maximum absolute atomic E-state index is 11.3. The highest BCUT2D eigenvalue weighted by Crippen LogP contribution is 2.04. The molecule has 3 N–H and O–H groups in total. The third-order valence-electron chi connectivity index (χ3n) is 2.25. The number of methoxy groups -OCH3 is 1. The normalized spacial score (nSPS) is 9.53. The van der Waals surface area contributed by atoms with Crippen LogP contribution in [-0.2, 0) is 16.1 Å². The lowest BCUT2D eigenvalue weighted by atomic mass is 10.1. The van der Waals surface area contributed by atoms with Gasteiger partial charge in [0.15, 0.2) is 0 Å². The molecule has 0 bridgehead atoms. The molecule has 1 aromatic carbocycles. The zero-order valence-corrected chi connectivity index (χ0v) is 10.3. The largest absolute Gasteiger partial charge is 0.478 e. The summed E-state index contributed by atoms with van der Waals surface area (Å²) in [5, 5.41) is 13.6. The molecule has 102 valence electrons. The lowest BCUT2D eigenvalue weighted by molar-refractivity contribution is -0.139. The maximum atomic E-state index is 11.3. The summed E-state index contributed by atoms with van der Waals surface area (Å²) in [5.41, 5.74) is 0.794. The molecular weight excluding hydrogens is 252 g/mol. The Labute approximate surface area is 109 Å². The van der Waals surface area contributed by atoms with Crippen LogP contribution in [0.4, 0.5) is 4.79 Å². The molecule has 0 unspecified atom stereocenters. The monoisotopic (exact) mass is 266 g/mol. The first-order valence-electron chi connectivity index (χ1n) is 5.43. The molecule has 1 aromatic rings. The van der Waals surface area contributed by atoms with E-state index in [0.717, 1.165) is 0 Å². The Morgan fingerprint density at radius 2 is 2.00 bits per heavy atom. The molecular formula is C12H14N2O5. The zero-order valence-electron chi connectivity index (χ0n) is 10.3. The molecule has 0 aromatic heterocycles. The van der Waals surface area contributed by atoms with Crippen LogP contribution in [0.25, 0.3) is 0 Å². The highest BCUT2D eigenvalue weighted by molar-refractivity contribution is 5.87. The third kappa shape index (κ3) is 5.07. The zero-order chi connectivity index (χ0) is 14.3. The average molecular weight is 266 g/mol. The van der Waals surface area contributed by atoms with E-state index in [9.17, 15) is 14.4 Å². The summed E-state index contributed by atoms with van der Waals surface area (Å²) >= 11 is 0. The predicted octanol–water partition coefficient (Wildman–Crippen LogP) is 0.357. The standard InChI is InChI=1S/C12H14N2O5/c1-19-10(15)7-14-12(18)13-6-8-3-2-4-9(5-8)11(16)17/h2-5H,6-7H2,1H3,(H,16,17)(H2,13,14,18). The number of carboxylic acid groups (broad SMARTS) is 1. The second-order valence-electron chi connectivity index (χ2n) is 3.62. The van der Waals surface area contributed by atoms with Crippen molar-refractivity contribution in [1.82, 2.24) is 10.6 Å². The summed E-state index contributed by atoms with van der Waals surface area (Å²) in [6.45, 7) is -0.0639. The van der Waals surface area contributed by atoms with Gasteiger partial charge in [0.05, 0.1) is 12.7 Å². The van der Waals surface area contributed by atoms with Crippen LogP contribution in [0.1, 0.15) is 15.9 Å². The van der Waals surface area contributed by atoms with Gasteiger partial charge in [-0.25, -0.2) is 9.59 Å². The molecule has 0 atom stereocenters. The Morgan fingerprint density at radius 1 is 1.26 bits per heavy atom. The first-order valence-corrected chi connectivity index (χ1v) is 5.43. The molecule has 1 rings (SSSR count). The minimum atomic E-state index is -1.03. The summed E-state index contributed by atoms with van der Waals surface area (Å²) in [5.74, 6) is -1.58. The van der Waals surface area contributed by atoms with Crippen LogP contribution in [0.3, 0.4) is 0 Å². The van der Waals surface area contributed by atoms with E-state index in [1.807, 2.05) is 0 Å². The molecule has 0 aliphatic heterocycles. The number of carbonyl (C=O) groups excluding carboxylic acids is 2. The number of rotatable bonds is 5. The number of ether oxygens (including phenoxy) is 1. The Kier molecular flexibility index (Phi) is 5.34. The molecule has 7 heteroatoms. The van der Waals surface area contributed by atoms with E-state index in [0.29, 0.717) is 5.56 Å². The number of carbonyl (C=O) groups is 3. The van der Waals surface area contributed by atoms with E-state index in [2.05, 4.69) is 15.4 Å². The maximum Gasteiger partial charge on any atom is 0.335 e. The number of esters is 1. The second kappa shape index (κ2) is 7.00. The van der Waals surface area contributed by atoms with E-state index in [1.165, 1.54) is 19.2 Å². The van der Waals surface area contributed by atoms with Crippen LogP contribution >= 0.6 is 0 Å². The van der Waals surface area contributed by atoms with Crippen molar-refractivity contribution in [1.29, 1.82) is 0 Å². The van der Waals surface area contributed by atoms with Crippen molar-refractivity contribution in [2.24, 2.45) is 0 Å². The molecule has 0 aliphatic carbocycles. The second-order valence-corrected chi connectivity index (χ2v) is 3.62. The van der Waals surface area contributed by atoms with Crippen LogP contribution in [0, 0.1) is 0 Å². The summed E-state index contributed by atoms with van der Waals surface area (Å²) in [4.78, 5) is 32.8. The van der Waals surface area contributed by atoms with Crippen molar-refractivity contribution in [3.8, 4) is 0 Å². The molecule has 2 amide bonds. The minimum Gasteiger partial charge on any atom is -0.478 e. The van der Waals surface area contributed by atoms with Gasteiger partial charge in [0, 0.05) is 6.54 Å². The first kappa shape index (κ1) is 14.5. The smallest absolute Gasteiger partial charge is 0.335 e. The van der Waals surface area contributed by atoms with Crippen LogP contribution < -0.4 is 10.6 Å². The van der Waals surface area contributed by atoms with Crippen molar-refractivity contribution in [3.63, 3.8) is 0 Å². The van der Waals surface area contributed by atoms with E-state index < -0.39 is 18.0 Å². The molecule has 0 heterocycles. The van der Waals surface area contributed by atoms with Gasteiger partial charge in [-0.15, -0.1) is 0 Å². The molecule has 19 heavy (non-hydrogen) atoms. The average Bonchev–Trinajstić information content (AvgIpc) is 2.42. The Bertz CT molecular complexity index is 487. The number of amides is 2. The Morgan fingerprint density at radius 3 is 2.63 bits per heavy atom. The fraction of sp³-hybridized carbons (Fsp3) is 0.250. The van der Waals surface area contributed by atoms with Gasteiger partial charge >= 0.3 is 18.0 Å². The number of nitrogens with one attached hydrogen (secondary N) is 2. The molecule has 7 nitrogen and oxygen atoms in total. The third-order valence-corrected chi connectivity index (χ3v) is 2.25. The molecule has 0 fully saturated rings. The van der Waals surface area contributed by atoms with E-state index in [-0.39, 0.29) is 18.7 Å². The van der Waals surface area contributed by atoms with Gasteiger partial charge in [-0.1, -0.05) is 12.1 Å². The van der Waals surface area contributed by atoms with Crippen molar-refractivity contribution >= 4 is 18.0 Å². The van der Waals surface area contributed by atoms with Crippen LogP contribution in [0.15, 0.2) is 24.3 Å².